The predicted octanol–water partition coefficient (Wildman–Crippen LogP) is 5.55. The summed E-state index contributed by atoms with van der Waals surface area (Å²) in [6, 6.07) is 0. The third-order valence-corrected chi connectivity index (χ3v) is 5.89. The maximum atomic E-state index is 10.9. The van der Waals surface area contributed by atoms with Gasteiger partial charge in [0.1, 0.15) is 0 Å². The summed E-state index contributed by atoms with van der Waals surface area (Å²) in [5, 5.41) is 0. The van der Waals surface area contributed by atoms with Crippen molar-refractivity contribution in [3.8, 4) is 0 Å². The van der Waals surface area contributed by atoms with Crippen LogP contribution in [0.15, 0.2) is 0 Å². The van der Waals surface area contributed by atoms with Crippen LogP contribution < -0.4 is 0 Å². The van der Waals surface area contributed by atoms with Crippen LogP contribution in [0.3, 0.4) is 0 Å². The van der Waals surface area contributed by atoms with Gasteiger partial charge in [0.25, 0.3) is 0 Å². The summed E-state index contributed by atoms with van der Waals surface area (Å²) in [5.74, 6) is 5.24. The summed E-state index contributed by atoms with van der Waals surface area (Å²) >= 11 is 4.21. The van der Waals surface area contributed by atoms with E-state index in [0.717, 1.165) is 6.42 Å². The SMILES string of the molecule is CCCSCCSCCCCCCCCCCC(=O)OC. The van der Waals surface area contributed by atoms with Crippen LogP contribution in [0.1, 0.15) is 71.1 Å². The molecule has 0 heterocycles. The fourth-order valence-electron chi connectivity index (χ4n) is 2.10. The van der Waals surface area contributed by atoms with Crippen LogP contribution in [0.4, 0.5) is 0 Å². The van der Waals surface area contributed by atoms with Gasteiger partial charge in [0.15, 0.2) is 0 Å². The van der Waals surface area contributed by atoms with E-state index in [0.29, 0.717) is 6.42 Å². The maximum Gasteiger partial charge on any atom is 0.305 e. The Morgan fingerprint density at radius 1 is 0.762 bits per heavy atom. The lowest BCUT2D eigenvalue weighted by atomic mass is 10.1. The number of carbonyl (C=O) groups is 1. The molecule has 0 fully saturated rings. The number of thioether (sulfide) groups is 2. The van der Waals surface area contributed by atoms with E-state index in [2.05, 4.69) is 35.2 Å². The summed E-state index contributed by atoms with van der Waals surface area (Å²) in [4.78, 5) is 10.9. The highest BCUT2D eigenvalue weighted by molar-refractivity contribution is 8.02. The Morgan fingerprint density at radius 3 is 1.86 bits per heavy atom. The van der Waals surface area contributed by atoms with Crippen molar-refractivity contribution in [3.05, 3.63) is 0 Å². The van der Waals surface area contributed by atoms with Crippen molar-refractivity contribution < 1.29 is 9.53 Å². The average molecular weight is 335 g/mol. The van der Waals surface area contributed by atoms with Crippen LogP contribution in [-0.2, 0) is 9.53 Å². The Kier molecular flexibility index (Phi) is 18.4. The molecular formula is C17H34O2S2. The number of ether oxygens (including phenoxy) is 1. The van der Waals surface area contributed by atoms with E-state index in [1.54, 1.807) is 0 Å². The summed E-state index contributed by atoms with van der Waals surface area (Å²) in [6.45, 7) is 2.25. The Hall–Kier alpha value is 0.170. The second kappa shape index (κ2) is 18.2. The summed E-state index contributed by atoms with van der Waals surface area (Å²) in [6.07, 6.45) is 12.1. The van der Waals surface area contributed by atoms with Gasteiger partial charge in [-0.05, 0) is 30.8 Å². The Labute approximate surface area is 140 Å². The fourth-order valence-corrected chi connectivity index (χ4v) is 4.15. The van der Waals surface area contributed by atoms with E-state index in [-0.39, 0.29) is 5.97 Å². The number of hydrogen-bond donors (Lipinski definition) is 0. The molecule has 2 nitrogen and oxygen atoms in total. The zero-order chi connectivity index (χ0) is 15.6. The molecule has 0 bridgehead atoms. The van der Waals surface area contributed by atoms with Crippen molar-refractivity contribution in [3.63, 3.8) is 0 Å². The molecule has 0 aromatic carbocycles. The monoisotopic (exact) mass is 334 g/mol. The first-order valence-corrected chi connectivity index (χ1v) is 10.8. The van der Waals surface area contributed by atoms with Gasteiger partial charge in [-0.2, -0.15) is 23.5 Å². The van der Waals surface area contributed by atoms with E-state index < -0.39 is 0 Å². The molecule has 0 saturated carbocycles. The first kappa shape index (κ1) is 21.2. The molecule has 21 heavy (non-hydrogen) atoms. The molecule has 0 spiro atoms. The first-order valence-electron chi connectivity index (χ1n) is 8.53. The molecule has 0 rings (SSSR count). The van der Waals surface area contributed by atoms with Crippen molar-refractivity contribution in [2.45, 2.75) is 71.1 Å². The van der Waals surface area contributed by atoms with Crippen LogP contribution in [0.5, 0.6) is 0 Å². The molecule has 126 valence electrons. The smallest absolute Gasteiger partial charge is 0.305 e. The van der Waals surface area contributed by atoms with Crippen LogP contribution in [0.2, 0.25) is 0 Å². The summed E-state index contributed by atoms with van der Waals surface area (Å²) in [5.41, 5.74) is 0. The number of methoxy groups -OCH3 is 1. The van der Waals surface area contributed by atoms with E-state index >= 15 is 0 Å². The van der Waals surface area contributed by atoms with E-state index in [4.69, 9.17) is 0 Å². The molecule has 0 N–H and O–H groups in total. The van der Waals surface area contributed by atoms with Crippen molar-refractivity contribution in [2.24, 2.45) is 0 Å². The molecule has 0 aliphatic carbocycles. The van der Waals surface area contributed by atoms with Crippen LogP contribution in [0.25, 0.3) is 0 Å². The molecule has 0 atom stereocenters. The lowest BCUT2D eigenvalue weighted by molar-refractivity contribution is -0.140. The van der Waals surface area contributed by atoms with Crippen molar-refractivity contribution in [1.29, 1.82) is 0 Å². The number of esters is 1. The van der Waals surface area contributed by atoms with Gasteiger partial charge in [0, 0.05) is 17.9 Å². The average Bonchev–Trinajstić information content (AvgIpc) is 2.50. The highest BCUT2D eigenvalue weighted by atomic mass is 32.2. The minimum atomic E-state index is -0.0689. The van der Waals surface area contributed by atoms with E-state index in [1.807, 2.05) is 0 Å². The molecule has 0 amide bonds. The molecule has 0 aliphatic heterocycles. The normalized spacial score (nSPS) is 10.8. The van der Waals surface area contributed by atoms with Gasteiger partial charge in [-0.1, -0.05) is 45.4 Å². The molecular weight excluding hydrogens is 300 g/mol. The molecule has 4 heteroatoms. The largest absolute Gasteiger partial charge is 0.469 e. The van der Waals surface area contributed by atoms with Gasteiger partial charge in [0.05, 0.1) is 7.11 Å². The molecule has 0 unspecified atom stereocenters. The summed E-state index contributed by atoms with van der Waals surface area (Å²) in [7, 11) is 1.46. The number of rotatable bonds is 16. The minimum absolute atomic E-state index is 0.0689. The Morgan fingerprint density at radius 2 is 1.29 bits per heavy atom. The van der Waals surface area contributed by atoms with Gasteiger partial charge in [0.2, 0.25) is 0 Å². The van der Waals surface area contributed by atoms with Crippen LogP contribution in [0, 0.1) is 0 Å². The standard InChI is InChI=1S/C17H34O2S2/c1-3-13-20-15-16-21-14-11-9-7-5-4-6-8-10-12-17(18)19-2/h3-16H2,1-2H3. The maximum absolute atomic E-state index is 10.9. The van der Waals surface area contributed by atoms with Crippen LogP contribution in [-0.4, -0.2) is 36.1 Å². The first-order chi connectivity index (χ1) is 10.3. The van der Waals surface area contributed by atoms with E-state index in [9.17, 15) is 4.79 Å². The summed E-state index contributed by atoms with van der Waals surface area (Å²) < 4.78 is 4.63. The van der Waals surface area contributed by atoms with Gasteiger partial charge in [-0.25, -0.2) is 0 Å². The van der Waals surface area contributed by atoms with E-state index in [1.165, 1.54) is 81.5 Å². The lowest BCUT2D eigenvalue weighted by Crippen LogP contribution is -1.99. The second-order valence-corrected chi connectivity index (χ2v) is 7.83. The third-order valence-electron chi connectivity index (χ3n) is 3.37. The van der Waals surface area contributed by atoms with Crippen molar-refractivity contribution in [2.75, 3.05) is 30.1 Å². The van der Waals surface area contributed by atoms with Gasteiger partial charge < -0.3 is 4.74 Å². The molecule has 0 aliphatic rings. The number of carbonyl (C=O) groups excluding carboxylic acids is 1. The highest BCUT2D eigenvalue weighted by Gasteiger charge is 1.99. The van der Waals surface area contributed by atoms with Crippen molar-refractivity contribution in [1.82, 2.24) is 0 Å². The van der Waals surface area contributed by atoms with Crippen molar-refractivity contribution >= 4 is 29.5 Å². The minimum Gasteiger partial charge on any atom is -0.469 e. The molecule has 0 radical (unpaired) electrons. The van der Waals surface area contributed by atoms with Gasteiger partial charge >= 0.3 is 5.97 Å². The zero-order valence-corrected chi connectivity index (χ0v) is 15.7. The molecule has 0 aromatic rings. The topological polar surface area (TPSA) is 26.3 Å². The lowest BCUT2D eigenvalue weighted by Gasteiger charge is -2.03. The number of unbranched alkanes of at least 4 members (excludes halogenated alkanes) is 7. The fraction of sp³-hybridized carbons (Fsp3) is 0.941. The van der Waals surface area contributed by atoms with Crippen LogP contribution >= 0.6 is 23.5 Å². The highest BCUT2D eigenvalue weighted by Crippen LogP contribution is 2.13. The molecule has 0 saturated heterocycles. The second-order valence-electron chi connectivity index (χ2n) is 5.38. The zero-order valence-electron chi connectivity index (χ0n) is 14.0. The predicted molar refractivity (Wildman–Crippen MR) is 98.5 cm³/mol. The third kappa shape index (κ3) is 18.1. The van der Waals surface area contributed by atoms with Gasteiger partial charge in [-0.15, -0.1) is 0 Å². The molecule has 0 aromatic heterocycles. The Bertz CT molecular complexity index is 223. The van der Waals surface area contributed by atoms with Gasteiger partial charge in [-0.3, -0.25) is 4.79 Å². The Balaban J connectivity index is 2.98. The number of hydrogen-bond acceptors (Lipinski definition) is 4. The quantitative estimate of drug-likeness (QED) is 0.273.